The zero-order valence-electron chi connectivity index (χ0n) is 18.3. The number of carbonyl (C=O) groups is 2. The quantitative estimate of drug-likeness (QED) is 0.264. The highest BCUT2D eigenvalue weighted by molar-refractivity contribution is 7.13. The zero-order valence-corrected chi connectivity index (χ0v) is 19.9. The minimum atomic E-state index is -4.70. The van der Waals surface area contributed by atoms with E-state index in [1.165, 1.54) is 18.6 Å². The molecule has 0 aliphatic heterocycles. The lowest BCUT2D eigenvalue weighted by molar-refractivity contribution is -0.137. The van der Waals surface area contributed by atoms with E-state index in [-0.39, 0.29) is 34.5 Å². The van der Waals surface area contributed by atoms with Crippen molar-refractivity contribution in [2.24, 2.45) is 0 Å². The number of hydrogen-bond donors (Lipinski definition) is 3. The fourth-order valence-electron chi connectivity index (χ4n) is 3.03. The summed E-state index contributed by atoms with van der Waals surface area (Å²) >= 11 is 6.57. The van der Waals surface area contributed by atoms with Gasteiger partial charge in [-0.2, -0.15) is 18.3 Å². The van der Waals surface area contributed by atoms with Crippen molar-refractivity contribution in [1.29, 1.82) is 0 Å². The number of alkyl halides is 3. The number of hydrogen-bond acceptors (Lipinski definition) is 9. The van der Waals surface area contributed by atoms with Crippen molar-refractivity contribution in [3.63, 3.8) is 0 Å². The molecule has 0 fully saturated rings. The summed E-state index contributed by atoms with van der Waals surface area (Å²) in [6, 6.07) is 3.85. The van der Waals surface area contributed by atoms with Crippen molar-refractivity contribution in [3.8, 4) is 0 Å². The van der Waals surface area contributed by atoms with Crippen LogP contribution < -0.4 is 10.6 Å². The SMILES string of the molecule is C[C@@H](CC(=O)c1cc(Nc2ccn[nH]2)ncn1)c1ncc(C(=O)Nc2cc(C(F)(F)F)c(Cl)cn2)s1. The number of Topliss-reactive ketones (excluding diaryl/α,β-unsaturated/α-hetero) is 1. The van der Waals surface area contributed by atoms with Crippen molar-refractivity contribution < 1.29 is 22.8 Å². The van der Waals surface area contributed by atoms with Crippen molar-refractivity contribution in [3.05, 3.63) is 69.3 Å². The molecule has 4 aromatic heterocycles. The minimum absolute atomic E-state index is 0.0583. The Balaban J connectivity index is 1.40. The van der Waals surface area contributed by atoms with Crippen LogP contribution in [0.2, 0.25) is 5.02 Å². The maximum absolute atomic E-state index is 13.0. The minimum Gasteiger partial charge on any atom is -0.325 e. The normalized spacial score (nSPS) is 12.2. The average molecular weight is 537 g/mol. The van der Waals surface area contributed by atoms with Gasteiger partial charge in [0.05, 0.1) is 28.0 Å². The lowest BCUT2D eigenvalue weighted by atomic mass is 10.0. The van der Waals surface area contributed by atoms with Crippen LogP contribution >= 0.6 is 22.9 Å². The van der Waals surface area contributed by atoms with Crippen LogP contribution in [0.25, 0.3) is 0 Å². The number of H-pyrrole nitrogens is 1. The Bertz CT molecular complexity index is 1390. The van der Waals surface area contributed by atoms with Gasteiger partial charge in [0.25, 0.3) is 5.91 Å². The second-order valence-electron chi connectivity index (χ2n) is 7.48. The third-order valence-electron chi connectivity index (χ3n) is 4.78. The smallest absolute Gasteiger partial charge is 0.325 e. The summed E-state index contributed by atoms with van der Waals surface area (Å²) in [5.41, 5.74) is -0.915. The molecule has 3 N–H and O–H groups in total. The van der Waals surface area contributed by atoms with Gasteiger partial charge in [-0.25, -0.2) is 19.9 Å². The van der Waals surface area contributed by atoms with Crippen LogP contribution in [0.15, 0.2) is 43.1 Å². The highest BCUT2D eigenvalue weighted by atomic mass is 35.5. The summed E-state index contributed by atoms with van der Waals surface area (Å²) in [7, 11) is 0. The second-order valence-corrected chi connectivity index (χ2v) is 8.95. The molecule has 0 saturated heterocycles. The number of carbonyl (C=O) groups excluding carboxylic acids is 2. The molecule has 36 heavy (non-hydrogen) atoms. The summed E-state index contributed by atoms with van der Waals surface area (Å²) in [4.78, 5) is 41.4. The number of ketones is 1. The first-order valence-electron chi connectivity index (χ1n) is 10.2. The highest BCUT2D eigenvalue weighted by Gasteiger charge is 2.34. The van der Waals surface area contributed by atoms with Crippen LogP contribution in [0.4, 0.5) is 30.6 Å². The summed E-state index contributed by atoms with van der Waals surface area (Å²) in [6.07, 6.45) is 0.285. The fraction of sp³-hybridized carbons (Fsp3) is 0.190. The number of nitrogens with zero attached hydrogens (tertiary/aromatic N) is 5. The number of pyridine rings is 1. The molecular formula is C21H16ClF3N8O2S. The monoisotopic (exact) mass is 536 g/mol. The molecule has 0 radical (unpaired) electrons. The van der Waals surface area contributed by atoms with Crippen molar-refractivity contribution in [2.75, 3.05) is 10.6 Å². The van der Waals surface area contributed by atoms with Gasteiger partial charge in [-0.05, 0) is 6.07 Å². The Morgan fingerprint density at radius 1 is 1.14 bits per heavy atom. The van der Waals surface area contributed by atoms with E-state index in [2.05, 4.69) is 40.8 Å². The van der Waals surface area contributed by atoms with Gasteiger partial charge in [0.2, 0.25) is 0 Å². The van der Waals surface area contributed by atoms with Crippen LogP contribution in [0.3, 0.4) is 0 Å². The first-order valence-corrected chi connectivity index (χ1v) is 11.4. The number of halogens is 4. The first-order chi connectivity index (χ1) is 17.1. The maximum atomic E-state index is 13.0. The number of nitrogens with one attached hydrogen (secondary N) is 3. The molecule has 4 aromatic rings. The lowest BCUT2D eigenvalue weighted by Gasteiger charge is -2.10. The standard InChI is InChI=1S/C21H16ClF3N8O2S/c1-10(4-14(34)13-6-18(29-9-28-13)31-16-2-3-30-33-16)20-27-8-15(36-20)19(35)32-17-5-11(21(23,24)25)12(22)7-26-17/h2-3,5-10H,4H2,1H3,(H,26,32,35)(H2,28,29,30,31,33)/t10-/m0/s1. The third kappa shape index (κ3) is 6.01. The van der Waals surface area contributed by atoms with Gasteiger partial charge >= 0.3 is 6.18 Å². The summed E-state index contributed by atoms with van der Waals surface area (Å²) in [5.74, 6) is -0.610. The van der Waals surface area contributed by atoms with Gasteiger partial charge in [0.15, 0.2) is 5.78 Å². The van der Waals surface area contributed by atoms with E-state index < -0.39 is 22.7 Å². The van der Waals surface area contributed by atoms with E-state index in [9.17, 15) is 22.8 Å². The van der Waals surface area contributed by atoms with E-state index in [1.54, 1.807) is 19.2 Å². The third-order valence-corrected chi connectivity index (χ3v) is 6.31. The van der Waals surface area contributed by atoms with Crippen molar-refractivity contribution in [1.82, 2.24) is 30.1 Å². The van der Waals surface area contributed by atoms with Gasteiger partial charge in [-0.3, -0.25) is 14.7 Å². The summed E-state index contributed by atoms with van der Waals surface area (Å²) < 4.78 is 39.1. The highest BCUT2D eigenvalue weighted by Crippen LogP contribution is 2.35. The predicted molar refractivity (Wildman–Crippen MR) is 126 cm³/mol. The topological polar surface area (TPSA) is 138 Å². The largest absolute Gasteiger partial charge is 0.418 e. The Morgan fingerprint density at radius 2 is 1.94 bits per heavy atom. The predicted octanol–water partition coefficient (Wildman–Crippen LogP) is 5.10. The number of amides is 1. The Morgan fingerprint density at radius 3 is 2.67 bits per heavy atom. The number of aromatic amines is 1. The Hall–Kier alpha value is -3.91. The van der Waals surface area contributed by atoms with Crippen LogP contribution in [-0.4, -0.2) is 41.8 Å². The second kappa shape index (κ2) is 10.4. The molecule has 10 nitrogen and oxygen atoms in total. The molecule has 0 bridgehead atoms. The van der Waals surface area contributed by atoms with Crippen LogP contribution in [0.1, 0.15) is 50.0 Å². The molecule has 0 unspecified atom stereocenters. The molecule has 15 heteroatoms. The Labute approximate surface area is 210 Å². The molecule has 1 atom stereocenters. The number of rotatable bonds is 8. The lowest BCUT2D eigenvalue weighted by Crippen LogP contribution is -2.13. The van der Waals surface area contributed by atoms with Crippen LogP contribution in [0.5, 0.6) is 0 Å². The Kier molecular flexibility index (Phi) is 7.26. The molecule has 1 amide bonds. The first kappa shape index (κ1) is 25.2. The number of thiazole rings is 1. The molecule has 186 valence electrons. The average Bonchev–Trinajstić information content (AvgIpc) is 3.52. The number of aromatic nitrogens is 6. The molecular weight excluding hydrogens is 521 g/mol. The summed E-state index contributed by atoms with van der Waals surface area (Å²) in [5, 5.41) is 11.7. The molecule has 4 rings (SSSR count). The van der Waals surface area contributed by atoms with E-state index in [0.717, 1.165) is 17.5 Å². The number of anilines is 3. The molecule has 0 spiro atoms. The van der Waals surface area contributed by atoms with E-state index >= 15 is 0 Å². The van der Waals surface area contributed by atoms with Crippen molar-refractivity contribution in [2.45, 2.75) is 25.4 Å². The molecule has 0 aromatic carbocycles. The van der Waals surface area contributed by atoms with Gasteiger partial charge in [0.1, 0.15) is 34.4 Å². The molecule has 0 saturated carbocycles. The van der Waals surface area contributed by atoms with E-state index in [1.807, 2.05) is 0 Å². The molecule has 4 heterocycles. The van der Waals surface area contributed by atoms with Gasteiger partial charge < -0.3 is 10.6 Å². The fourth-order valence-corrected chi connectivity index (χ4v) is 4.11. The van der Waals surface area contributed by atoms with Gasteiger partial charge in [0, 0.05) is 30.7 Å². The molecule has 0 aliphatic carbocycles. The van der Waals surface area contributed by atoms with E-state index in [0.29, 0.717) is 22.7 Å². The zero-order chi connectivity index (χ0) is 25.9. The molecule has 0 aliphatic rings. The summed E-state index contributed by atoms with van der Waals surface area (Å²) in [6.45, 7) is 1.76. The van der Waals surface area contributed by atoms with Crippen LogP contribution in [0, 0.1) is 0 Å². The van der Waals surface area contributed by atoms with Gasteiger partial charge in [-0.1, -0.05) is 18.5 Å². The maximum Gasteiger partial charge on any atom is 0.418 e. The van der Waals surface area contributed by atoms with Crippen LogP contribution in [-0.2, 0) is 6.18 Å². The van der Waals surface area contributed by atoms with Crippen molar-refractivity contribution >= 4 is 52.1 Å². The van der Waals surface area contributed by atoms with Gasteiger partial charge in [-0.15, -0.1) is 11.3 Å². The van der Waals surface area contributed by atoms with E-state index in [4.69, 9.17) is 11.6 Å².